The fourth-order valence-electron chi connectivity index (χ4n) is 2.80. The van der Waals surface area contributed by atoms with Gasteiger partial charge in [0.1, 0.15) is 0 Å². The lowest BCUT2D eigenvalue weighted by molar-refractivity contribution is 0.293. The fraction of sp³-hybridized carbons (Fsp3) is 1.00. The van der Waals surface area contributed by atoms with E-state index in [-0.39, 0.29) is 11.3 Å². The third-order valence-electron chi connectivity index (χ3n) is 3.95. The maximum atomic E-state index is 12.3. The summed E-state index contributed by atoms with van der Waals surface area (Å²) >= 11 is 0. The molecule has 0 aromatic rings. The average molecular weight is 246 g/mol. The van der Waals surface area contributed by atoms with Gasteiger partial charge in [0.2, 0.25) is 10.0 Å². The van der Waals surface area contributed by atoms with E-state index in [1.165, 1.54) is 0 Å². The Kier molecular flexibility index (Phi) is 3.87. The van der Waals surface area contributed by atoms with Crippen LogP contribution in [0.5, 0.6) is 0 Å². The van der Waals surface area contributed by atoms with Gasteiger partial charge in [0, 0.05) is 13.1 Å². The quantitative estimate of drug-likeness (QED) is 0.806. The highest BCUT2D eigenvalue weighted by Gasteiger charge is 2.35. The van der Waals surface area contributed by atoms with Crippen LogP contribution >= 0.6 is 0 Å². The smallest absolute Gasteiger partial charge is 0.216 e. The van der Waals surface area contributed by atoms with Gasteiger partial charge < -0.3 is 5.32 Å². The first-order valence-electron chi connectivity index (χ1n) is 6.30. The molecule has 4 nitrogen and oxygen atoms in total. The highest BCUT2D eigenvalue weighted by Crippen LogP contribution is 2.28. The molecule has 1 N–H and O–H groups in total. The van der Waals surface area contributed by atoms with E-state index in [4.69, 9.17) is 0 Å². The first kappa shape index (κ1) is 12.3. The third-order valence-corrected chi connectivity index (χ3v) is 6.36. The van der Waals surface area contributed by atoms with Crippen molar-refractivity contribution in [2.24, 2.45) is 0 Å². The van der Waals surface area contributed by atoms with Crippen LogP contribution in [-0.2, 0) is 10.0 Å². The number of nitrogens with zero attached hydrogens (tertiary/aromatic N) is 1. The van der Waals surface area contributed by atoms with Crippen LogP contribution in [0.25, 0.3) is 0 Å². The molecule has 2 aliphatic rings. The van der Waals surface area contributed by atoms with Gasteiger partial charge in [0.05, 0.1) is 5.25 Å². The summed E-state index contributed by atoms with van der Waals surface area (Å²) in [4.78, 5) is 0. The van der Waals surface area contributed by atoms with Gasteiger partial charge in [-0.25, -0.2) is 12.7 Å². The molecule has 1 saturated carbocycles. The highest BCUT2D eigenvalue weighted by molar-refractivity contribution is 7.89. The summed E-state index contributed by atoms with van der Waals surface area (Å²) in [7, 11) is -1.27. The summed E-state index contributed by atoms with van der Waals surface area (Å²) in [6.07, 6.45) is 5.76. The minimum Gasteiger partial charge on any atom is -0.317 e. The molecule has 2 rings (SSSR count). The summed E-state index contributed by atoms with van der Waals surface area (Å²) in [5.74, 6) is 0. The number of hydrogen-bond acceptors (Lipinski definition) is 3. The molecule has 0 aromatic carbocycles. The van der Waals surface area contributed by atoms with Crippen molar-refractivity contribution in [1.29, 1.82) is 0 Å². The molecule has 0 amide bonds. The Morgan fingerprint density at radius 2 is 1.62 bits per heavy atom. The lowest BCUT2D eigenvalue weighted by Gasteiger charge is -2.32. The second-order valence-corrected chi connectivity index (χ2v) is 7.22. The van der Waals surface area contributed by atoms with E-state index >= 15 is 0 Å². The number of piperidine rings is 1. The zero-order valence-electron chi connectivity index (χ0n) is 9.98. The largest absolute Gasteiger partial charge is 0.317 e. The van der Waals surface area contributed by atoms with Crippen molar-refractivity contribution < 1.29 is 8.42 Å². The summed E-state index contributed by atoms with van der Waals surface area (Å²) in [6.45, 7) is 1.88. The molecule has 1 heterocycles. The van der Waals surface area contributed by atoms with Crippen LogP contribution in [0.3, 0.4) is 0 Å². The summed E-state index contributed by atoms with van der Waals surface area (Å²) < 4.78 is 26.3. The molecule has 0 bridgehead atoms. The van der Waals surface area contributed by atoms with Crippen molar-refractivity contribution in [2.45, 2.75) is 49.8 Å². The second-order valence-electron chi connectivity index (χ2n) is 4.95. The molecule has 0 radical (unpaired) electrons. The minimum atomic E-state index is -3.03. The van der Waals surface area contributed by atoms with Gasteiger partial charge >= 0.3 is 0 Å². The Morgan fingerprint density at radius 1 is 1.06 bits per heavy atom. The summed E-state index contributed by atoms with van der Waals surface area (Å²) in [5.41, 5.74) is 0. The van der Waals surface area contributed by atoms with Crippen molar-refractivity contribution in [3.63, 3.8) is 0 Å². The predicted octanol–water partition coefficient (Wildman–Crippen LogP) is 0.943. The Balaban J connectivity index is 2.03. The standard InChI is InChI=1S/C11H22N2O2S/c1-13(10-6-8-12-9-7-10)16(14,15)11-4-2-3-5-11/h10-12H,2-9H2,1H3. The van der Waals surface area contributed by atoms with Crippen molar-refractivity contribution in [3.05, 3.63) is 0 Å². The molecule has 0 aromatic heterocycles. The number of rotatable bonds is 3. The van der Waals surface area contributed by atoms with Crippen LogP contribution < -0.4 is 5.32 Å². The van der Waals surface area contributed by atoms with E-state index in [2.05, 4.69) is 5.32 Å². The Hall–Kier alpha value is -0.130. The van der Waals surface area contributed by atoms with Gasteiger partial charge in [-0.15, -0.1) is 0 Å². The van der Waals surface area contributed by atoms with Crippen molar-refractivity contribution in [3.8, 4) is 0 Å². The van der Waals surface area contributed by atoms with E-state index in [9.17, 15) is 8.42 Å². The van der Waals surface area contributed by atoms with Crippen LogP contribution in [0.4, 0.5) is 0 Å². The molecule has 0 spiro atoms. The maximum absolute atomic E-state index is 12.3. The zero-order valence-corrected chi connectivity index (χ0v) is 10.8. The number of sulfonamides is 1. The first-order chi connectivity index (χ1) is 7.62. The van der Waals surface area contributed by atoms with Gasteiger partial charge in [-0.2, -0.15) is 0 Å². The third kappa shape index (κ3) is 2.41. The topological polar surface area (TPSA) is 49.4 Å². The second kappa shape index (κ2) is 5.02. The van der Waals surface area contributed by atoms with Crippen LogP contribution in [0.2, 0.25) is 0 Å². The van der Waals surface area contributed by atoms with E-state index in [0.29, 0.717) is 0 Å². The molecule has 16 heavy (non-hydrogen) atoms. The van der Waals surface area contributed by atoms with Crippen molar-refractivity contribution in [2.75, 3.05) is 20.1 Å². The molecule has 0 unspecified atom stereocenters. The SMILES string of the molecule is CN(C1CCNCC1)S(=O)(=O)C1CCCC1. The summed E-state index contributed by atoms with van der Waals surface area (Å²) in [6, 6.07) is 0.215. The summed E-state index contributed by atoms with van der Waals surface area (Å²) in [5, 5.41) is 3.16. The average Bonchev–Trinajstić information content (AvgIpc) is 2.83. The van der Waals surface area contributed by atoms with Gasteiger partial charge in [-0.1, -0.05) is 12.8 Å². The van der Waals surface area contributed by atoms with Gasteiger partial charge in [-0.3, -0.25) is 0 Å². The lowest BCUT2D eigenvalue weighted by Crippen LogP contribution is -2.46. The predicted molar refractivity (Wildman–Crippen MR) is 64.8 cm³/mol. The van der Waals surface area contributed by atoms with Gasteiger partial charge in [0.15, 0.2) is 0 Å². The molecule has 1 aliphatic carbocycles. The maximum Gasteiger partial charge on any atom is 0.216 e. The Bertz CT molecular complexity index is 317. The van der Waals surface area contributed by atoms with Gasteiger partial charge in [-0.05, 0) is 38.8 Å². The first-order valence-corrected chi connectivity index (χ1v) is 7.80. The van der Waals surface area contributed by atoms with Crippen molar-refractivity contribution in [1.82, 2.24) is 9.62 Å². The molecular weight excluding hydrogens is 224 g/mol. The Labute approximate surface area is 98.4 Å². The molecule has 5 heteroatoms. The Morgan fingerprint density at radius 3 is 2.19 bits per heavy atom. The minimum absolute atomic E-state index is 0.104. The molecule has 1 aliphatic heterocycles. The van der Waals surface area contributed by atoms with E-state index in [1.807, 2.05) is 0 Å². The molecule has 2 fully saturated rings. The molecule has 94 valence electrons. The molecular formula is C11H22N2O2S. The number of nitrogens with one attached hydrogen (secondary N) is 1. The monoisotopic (exact) mass is 246 g/mol. The normalized spacial score (nSPS) is 25.4. The lowest BCUT2D eigenvalue weighted by atomic mass is 10.1. The van der Waals surface area contributed by atoms with Crippen LogP contribution in [-0.4, -0.2) is 44.2 Å². The van der Waals surface area contributed by atoms with Crippen LogP contribution in [0.15, 0.2) is 0 Å². The van der Waals surface area contributed by atoms with E-state index < -0.39 is 10.0 Å². The van der Waals surface area contributed by atoms with Crippen molar-refractivity contribution >= 4 is 10.0 Å². The van der Waals surface area contributed by atoms with E-state index in [0.717, 1.165) is 51.6 Å². The molecule has 1 saturated heterocycles. The van der Waals surface area contributed by atoms with E-state index in [1.54, 1.807) is 11.4 Å². The zero-order chi connectivity index (χ0) is 11.6. The molecule has 0 atom stereocenters. The van der Waals surface area contributed by atoms with Crippen LogP contribution in [0, 0.1) is 0 Å². The fourth-order valence-corrected chi connectivity index (χ4v) is 4.83. The van der Waals surface area contributed by atoms with Crippen LogP contribution in [0.1, 0.15) is 38.5 Å². The number of hydrogen-bond donors (Lipinski definition) is 1. The highest BCUT2D eigenvalue weighted by atomic mass is 32.2. The van der Waals surface area contributed by atoms with Gasteiger partial charge in [0.25, 0.3) is 0 Å².